The third-order valence-electron chi connectivity index (χ3n) is 2.54. The highest BCUT2D eigenvalue weighted by atomic mass is 16.2. The lowest BCUT2D eigenvalue weighted by Crippen LogP contribution is -2.27. The number of carbonyl (C=O) groups is 2. The van der Waals surface area contributed by atoms with E-state index in [-0.39, 0.29) is 11.7 Å². The zero-order chi connectivity index (χ0) is 13.5. The van der Waals surface area contributed by atoms with Crippen molar-refractivity contribution >= 4 is 17.4 Å². The van der Waals surface area contributed by atoms with Gasteiger partial charge in [0, 0.05) is 44.0 Å². The summed E-state index contributed by atoms with van der Waals surface area (Å²) in [7, 11) is 1.73. The van der Waals surface area contributed by atoms with Crippen molar-refractivity contribution in [2.45, 2.75) is 13.8 Å². The summed E-state index contributed by atoms with van der Waals surface area (Å²) < 4.78 is 0. The number of benzene rings is 1. The van der Waals surface area contributed by atoms with Crippen LogP contribution in [0.3, 0.4) is 0 Å². The second kappa shape index (κ2) is 6.59. The molecule has 96 valence electrons. The van der Waals surface area contributed by atoms with E-state index < -0.39 is 0 Å². The van der Waals surface area contributed by atoms with Gasteiger partial charge in [-0.15, -0.1) is 0 Å². The van der Waals surface area contributed by atoms with Crippen LogP contribution in [-0.2, 0) is 4.79 Å². The van der Waals surface area contributed by atoms with E-state index in [0.717, 1.165) is 5.69 Å². The van der Waals surface area contributed by atoms with Crippen LogP contribution >= 0.6 is 0 Å². The van der Waals surface area contributed by atoms with E-state index >= 15 is 0 Å². The SMILES string of the molecule is CCN(C(C)=O)c1cccc(C(=O)/C=C/NC)c1. The molecule has 0 heterocycles. The van der Waals surface area contributed by atoms with Gasteiger partial charge in [-0.3, -0.25) is 9.59 Å². The highest BCUT2D eigenvalue weighted by Gasteiger charge is 2.10. The van der Waals surface area contributed by atoms with Crippen molar-refractivity contribution in [3.63, 3.8) is 0 Å². The topological polar surface area (TPSA) is 49.4 Å². The fraction of sp³-hybridized carbons (Fsp3) is 0.286. The van der Waals surface area contributed by atoms with Crippen LogP contribution in [0, 0.1) is 0 Å². The zero-order valence-electron chi connectivity index (χ0n) is 10.9. The zero-order valence-corrected chi connectivity index (χ0v) is 10.9. The van der Waals surface area contributed by atoms with E-state index in [0.29, 0.717) is 12.1 Å². The van der Waals surface area contributed by atoms with E-state index in [2.05, 4.69) is 5.32 Å². The van der Waals surface area contributed by atoms with Crippen LogP contribution in [0.2, 0.25) is 0 Å². The average molecular weight is 246 g/mol. The minimum absolute atomic E-state index is 0.0344. The summed E-state index contributed by atoms with van der Waals surface area (Å²) in [6.07, 6.45) is 3.04. The Labute approximate surface area is 107 Å². The summed E-state index contributed by atoms with van der Waals surface area (Å²) in [5.41, 5.74) is 1.31. The number of rotatable bonds is 5. The lowest BCUT2D eigenvalue weighted by Gasteiger charge is -2.19. The van der Waals surface area contributed by atoms with Crippen LogP contribution in [0.4, 0.5) is 5.69 Å². The summed E-state index contributed by atoms with van der Waals surface area (Å²) in [5, 5.41) is 2.77. The van der Waals surface area contributed by atoms with Gasteiger partial charge in [-0.1, -0.05) is 12.1 Å². The molecule has 1 amide bonds. The molecule has 0 aliphatic carbocycles. The van der Waals surface area contributed by atoms with Gasteiger partial charge in [0.1, 0.15) is 0 Å². The first-order valence-corrected chi connectivity index (χ1v) is 5.86. The monoisotopic (exact) mass is 246 g/mol. The van der Waals surface area contributed by atoms with Gasteiger partial charge in [-0.05, 0) is 19.1 Å². The van der Waals surface area contributed by atoms with Crippen molar-refractivity contribution in [2.75, 3.05) is 18.5 Å². The van der Waals surface area contributed by atoms with Gasteiger partial charge < -0.3 is 10.2 Å². The van der Waals surface area contributed by atoms with Crippen molar-refractivity contribution in [3.05, 3.63) is 42.1 Å². The Bertz CT molecular complexity index is 467. The summed E-state index contributed by atoms with van der Waals surface area (Å²) >= 11 is 0. The lowest BCUT2D eigenvalue weighted by molar-refractivity contribution is -0.116. The first-order chi connectivity index (χ1) is 8.60. The number of hydrogen-bond acceptors (Lipinski definition) is 3. The number of ketones is 1. The van der Waals surface area contributed by atoms with Gasteiger partial charge in [0.25, 0.3) is 0 Å². The van der Waals surface area contributed by atoms with Crippen molar-refractivity contribution < 1.29 is 9.59 Å². The van der Waals surface area contributed by atoms with Gasteiger partial charge in [0.05, 0.1) is 0 Å². The molecule has 0 unspecified atom stereocenters. The van der Waals surface area contributed by atoms with Crippen LogP contribution in [0.15, 0.2) is 36.5 Å². The molecular formula is C14H18N2O2. The highest BCUT2D eigenvalue weighted by molar-refractivity contribution is 6.05. The van der Waals surface area contributed by atoms with Gasteiger partial charge in [0.15, 0.2) is 5.78 Å². The third kappa shape index (κ3) is 3.45. The molecule has 1 aromatic carbocycles. The fourth-order valence-corrected chi connectivity index (χ4v) is 1.67. The maximum atomic E-state index is 11.8. The number of allylic oxidation sites excluding steroid dienone is 1. The molecule has 0 fully saturated rings. The summed E-state index contributed by atoms with van der Waals surface area (Å²) in [6.45, 7) is 4.00. The summed E-state index contributed by atoms with van der Waals surface area (Å²) in [6, 6.07) is 7.07. The third-order valence-corrected chi connectivity index (χ3v) is 2.54. The summed E-state index contributed by atoms with van der Waals surface area (Å²) in [4.78, 5) is 24.9. The fourth-order valence-electron chi connectivity index (χ4n) is 1.67. The molecule has 1 N–H and O–H groups in total. The van der Waals surface area contributed by atoms with Crippen LogP contribution in [0.25, 0.3) is 0 Å². The van der Waals surface area contributed by atoms with Crippen molar-refractivity contribution in [3.8, 4) is 0 Å². The Hall–Kier alpha value is -2.10. The standard InChI is InChI=1S/C14H18N2O2/c1-4-16(11(2)17)13-7-5-6-12(10-13)14(18)8-9-15-3/h5-10,15H,4H2,1-3H3/b9-8+. The maximum Gasteiger partial charge on any atom is 0.223 e. The number of nitrogens with zero attached hydrogens (tertiary/aromatic N) is 1. The molecule has 1 aromatic rings. The molecule has 0 atom stereocenters. The maximum absolute atomic E-state index is 11.8. The van der Waals surface area contributed by atoms with Crippen molar-refractivity contribution in [1.29, 1.82) is 0 Å². The summed E-state index contributed by atoms with van der Waals surface area (Å²) in [5.74, 6) is -0.126. The number of hydrogen-bond donors (Lipinski definition) is 1. The molecule has 0 radical (unpaired) electrons. The molecule has 18 heavy (non-hydrogen) atoms. The van der Waals surface area contributed by atoms with Crippen molar-refractivity contribution in [2.24, 2.45) is 0 Å². The number of carbonyl (C=O) groups excluding carboxylic acids is 2. The molecule has 1 rings (SSSR count). The normalized spacial score (nSPS) is 10.4. The number of nitrogens with one attached hydrogen (secondary N) is 1. The molecule has 0 spiro atoms. The van der Waals surface area contributed by atoms with E-state index in [1.165, 1.54) is 13.0 Å². The van der Waals surface area contributed by atoms with Gasteiger partial charge >= 0.3 is 0 Å². The molecule has 0 saturated carbocycles. The van der Waals surface area contributed by atoms with Gasteiger partial charge in [-0.2, -0.15) is 0 Å². The smallest absolute Gasteiger partial charge is 0.223 e. The second-order valence-corrected chi connectivity index (χ2v) is 3.80. The van der Waals surface area contributed by atoms with Gasteiger partial charge in [-0.25, -0.2) is 0 Å². The van der Waals surface area contributed by atoms with Crippen molar-refractivity contribution in [1.82, 2.24) is 5.32 Å². The van der Waals surface area contributed by atoms with Gasteiger partial charge in [0.2, 0.25) is 5.91 Å². The average Bonchev–Trinajstić information content (AvgIpc) is 2.36. The minimum Gasteiger partial charge on any atom is -0.394 e. The quantitative estimate of drug-likeness (QED) is 0.638. The highest BCUT2D eigenvalue weighted by Crippen LogP contribution is 2.17. The first kappa shape index (κ1) is 14.0. The molecule has 0 aliphatic heterocycles. The van der Waals surface area contributed by atoms with E-state index in [9.17, 15) is 9.59 Å². The first-order valence-electron chi connectivity index (χ1n) is 5.86. The Morgan fingerprint density at radius 2 is 2.11 bits per heavy atom. The Kier molecular flexibility index (Phi) is 5.11. The Morgan fingerprint density at radius 1 is 1.39 bits per heavy atom. The molecule has 0 aromatic heterocycles. The van der Waals surface area contributed by atoms with Crippen LogP contribution in [0.5, 0.6) is 0 Å². The lowest BCUT2D eigenvalue weighted by atomic mass is 10.1. The van der Waals surface area contributed by atoms with Crippen LogP contribution < -0.4 is 10.2 Å². The van der Waals surface area contributed by atoms with E-state index in [4.69, 9.17) is 0 Å². The minimum atomic E-state index is -0.0918. The molecule has 0 aliphatic rings. The Morgan fingerprint density at radius 3 is 2.67 bits per heavy atom. The number of anilines is 1. The molecule has 4 heteroatoms. The van der Waals surface area contributed by atoms with Crippen LogP contribution in [-0.4, -0.2) is 25.3 Å². The molecular weight excluding hydrogens is 228 g/mol. The second-order valence-electron chi connectivity index (χ2n) is 3.80. The Balaban J connectivity index is 3.01. The largest absolute Gasteiger partial charge is 0.394 e. The van der Waals surface area contributed by atoms with Crippen LogP contribution in [0.1, 0.15) is 24.2 Å². The van der Waals surface area contributed by atoms with E-state index in [1.807, 2.05) is 13.0 Å². The molecule has 4 nitrogen and oxygen atoms in total. The molecule has 0 bridgehead atoms. The predicted octanol–water partition coefficient (Wildman–Crippen LogP) is 1.98. The van der Waals surface area contributed by atoms with E-state index in [1.54, 1.807) is 36.3 Å². The predicted molar refractivity (Wildman–Crippen MR) is 72.7 cm³/mol. The number of amides is 1. The molecule has 0 saturated heterocycles.